The number of aromatic nitrogens is 3. The molecule has 1 atom stereocenters. The lowest BCUT2D eigenvalue weighted by molar-refractivity contribution is 0.00751. The predicted octanol–water partition coefficient (Wildman–Crippen LogP) is 0.816. The van der Waals surface area contributed by atoms with Crippen molar-refractivity contribution in [1.29, 1.82) is 0 Å². The van der Waals surface area contributed by atoms with Crippen LogP contribution in [0.5, 0.6) is 0 Å². The fourth-order valence-electron chi connectivity index (χ4n) is 2.21. The van der Waals surface area contributed by atoms with Crippen molar-refractivity contribution < 1.29 is 5.11 Å². The zero-order chi connectivity index (χ0) is 12.1. The molecule has 2 heterocycles. The van der Waals surface area contributed by atoms with E-state index in [4.69, 9.17) is 0 Å². The second-order valence-corrected chi connectivity index (χ2v) is 4.67. The second kappa shape index (κ2) is 5.42. The Balaban J connectivity index is 2.02. The highest BCUT2D eigenvalue weighted by Crippen LogP contribution is 2.21. The highest BCUT2D eigenvalue weighted by atomic mass is 16.3. The van der Waals surface area contributed by atoms with E-state index in [0.29, 0.717) is 6.54 Å². The van der Waals surface area contributed by atoms with E-state index in [0.717, 1.165) is 38.0 Å². The van der Waals surface area contributed by atoms with Gasteiger partial charge in [0.05, 0.1) is 18.3 Å². The lowest BCUT2D eigenvalue weighted by Crippen LogP contribution is -2.35. The van der Waals surface area contributed by atoms with E-state index in [2.05, 4.69) is 15.6 Å². The number of nitrogens with zero attached hydrogens (tertiary/aromatic N) is 3. The fourth-order valence-corrected chi connectivity index (χ4v) is 2.21. The molecule has 17 heavy (non-hydrogen) atoms. The normalized spacial score (nSPS) is 26.2. The van der Waals surface area contributed by atoms with Gasteiger partial charge in [-0.1, -0.05) is 11.3 Å². The monoisotopic (exact) mass is 236 g/mol. The topological polar surface area (TPSA) is 63.0 Å². The maximum absolute atomic E-state index is 10.5. The number of nitrogens with one attached hydrogen (secondary N) is 1. The first-order chi connectivity index (χ1) is 8.22. The minimum Gasteiger partial charge on any atom is -0.388 e. The zero-order valence-corrected chi connectivity index (χ0v) is 10.3. The van der Waals surface area contributed by atoms with Crippen LogP contribution >= 0.6 is 0 Å². The molecule has 1 aromatic rings. The van der Waals surface area contributed by atoms with Crippen molar-refractivity contribution in [3.05, 3.63) is 18.0 Å². The molecule has 5 heteroatoms. The summed E-state index contributed by atoms with van der Waals surface area (Å²) < 4.78 is 1.74. The van der Waals surface area contributed by atoms with E-state index in [-0.39, 0.29) is 0 Å². The van der Waals surface area contributed by atoms with Gasteiger partial charge in [-0.2, -0.15) is 0 Å². The van der Waals surface area contributed by atoms with Crippen LogP contribution in [0.2, 0.25) is 0 Å². The summed E-state index contributed by atoms with van der Waals surface area (Å²) in [6, 6.07) is 0. The van der Waals surface area contributed by atoms with Crippen LogP contribution in [0.15, 0.2) is 12.3 Å². The molecule has 5 nitrogen and oxygen atoms in total. The molecule has 1 aliphatic heterocycles. The number of hydrogen-bond donors (Lipinski definition) is 2. The van der Waals surface area contributed by atoms with E-state index in [1.54, 1.807) is 4.68 Å². The molecule has 0 aromatic carbocycles. The van der Waals surface area contributed by atoms with Crippen LogP contribution in [0.3, 0.4) is 0 Å². The van der Waals surface area contributed by atoms with Crippen molar-refractivity contribution in [3.8, 4) is 0 Å². The first-order valence-electron chi connectivity index (χ1n) is 6.18. The summed E-state index contributed by atoms with van der Waals surface area (Å²) in [4.78, 5) is 0. The maximum Gasteiger partial charge on any atom is 0.105 e. The third-order valence-corrected chi connectivity index (χ3v) is 3.11. The molecule has 94 valence electrons. The van der Waals surface area contributed by atoms with Gasteiger partial charge in [0.1, 0.15) is 5.69 Å². The number of aliphatic hydroxyl groups is 1. The van der Waals surface area contributed by atoms with Crippen molar-refractivity contribution >= 4 is 6.08 Å². The Bertz CT molecular complexity index is 378. The van der Waals surface area contributed by atoms with Gasteiger partial charge < -0.3 is 10.4 Å². The lowest BCUT2D eigenvalue weighted by Gasteiger charge is -2.25. The van der Waals surface area contributed by atoms with Crippen LogP contribution in [-0.4, -0.2) is 38.8 Å². The van der Waals surface area contributed by atoms with E-state index < -0.39 is 5.60 Å². The fraction of sp³-hybridized carbons (Fsp3) is 0.667. The van der Waals surface area contributed by atoms with E-state index >= 15 is 0 Å². The number of hydrogen-bond acceptors (Lipinski definition) is 4. The lowest BCUT2D eigenvalue weighted by atomic mass is 9.95. The summed E-state index contributed by atoms with van der Waals surface area (Å²) in [7, 11) is 0. The minimum absolute atomic E-state index is 0.527. The van der Waals surface area contributed by atoms with Crippen LogP contribution in [0, 0.1) is 0 Å². The summed E-state index contributed by atoms with van der Waals surface area (Å²) in [5.41, 5.74) is 0.188. The Morgan fingerprint density at radius 3 is 3.24 bits per heavy atom. The quantitative estimate of drug-likeness (QED) is 0.815. The first kappa shape index (κ1) is 12.3. The van der Waals surface area contributed by atoms with E-state index in [1.807, 2.05) is 25.3 Å². The molecule has 1 fully saturated rings. The average Bonchev–Trinajstić information content (AvgIpc) is 2.59. The second-order valence-electron chi connectivity index (χ2n) is 4.67. The van der Waals surface area contributed by atoms with Crippen LogP contribution in [0.25, 0.3) is 6.08 Å². The van der Waals surface area contributed by atoms with Crippen LogP contribution in [-0.2, 0) is 6.54 Å². The molecule has 1 saturated heterocycles. The van der Waals surface area contributed by atoms with Gasteiger partial charge in [0.25, 0.3) is 0 Å². The van der Waals surface area contributed by atoms with Crippen LogP contribution in [0.1, 0.15) is 31.9 Å². The first-order valence-corrected chi connectivity index (χ1v) is 6.18. The molecular weight excluding hydrogens is 216 g/mol. The Kier molecular flexibility index (Phi) is 3.91. The summed E-state index contributed by atoms with van der Waals surface area (Å²) in [6.45, 7) is 4.33. The van der Waals surface area contributed by atoms with Gasteiger partial charge in [-0.3, -0.25) is 0 Å². The standard InChI is InChI=1S/C12H20N4O/c1-2-4-11-9-16(15-14-11)10-12(17)5-3-7-13-8-6-12/h2,4,9,13,17H,3,5-8,10H2,1H3/b4-2+. The van der Waals surface area contributed by atoms with E-state index in [1.165, 1.54) is 0 Å². The Morgan fingerprint density at radius 2 is 2.41 bits per heavy atom. The zero-order valence-electron chi connectivity index (χ0n) is 10.3. The molecule has 1 aliphatic rings. The Labute approximate surface area is 102 Å². The highest BCUT2D eigenvalue weighted by molar-refractivity contribution is 5.41. The molecule has 0 amide bonds. The van der Waals surface area contributed by atoms with Gasteiger partial charge in [0.2, 0.25) is 0 Å². The van der Waals surface area contributed by atoms with Crippen LogP contribution in [0.4, 0.5) is 0 Å². The van der Waals surface area contributed by atoms with Gasteiger partial charge in [0.15, 0.2) is 0 Å². The van der Waals surface area contributed by atoms with Crippen molar-refractivity contribution in [2.45, 2.75) is 38.3 Å². The summed E-state index contributed by atoms with van der Waals surface area (Å²) in [6.07, 6.45) is 8.30. The molecular formula is C12H20N4O. The van der Waals surface area contributed by atoms with Gasteiger partial charge in [-0.15, -0.1) is 5.10 Å². The van der Waals surface area contributed by atoms with Crippen molar-refractivity contribution in [2.75, 3.05) is 13.1 Å². The van der Waals surface area contributed by atoms with Gasteiger partial charge in [-0.25, -0.2) is 4.68 Å². The largest absolute Gasteiger partial charge is 0.388 e. The minimum atomic E-state index is -0.648. The SMILES string of the molecule is C/C=C/c1cn(CC2(O)CCCNCC2)nn1. The highest BCUT2D eigenvalue weighted by Gasteiger charge is 2.28. The smallest absolute Gasteiger partial charge is 0.105 e. The molecule has 2 N–H and O–H groups in total. The Morgan fingerprint density at radius 1 is 1.53 bits per heavy atom. The molecule has 0 aliphatic carbocycles. The third kappa shape index (κ3) is 3.38. The Hall–Kier alpha value is -1.20. The van der Waals surface area contributed by atoms with Crippen molar-refractivity contribution in [1.82, 2.24) is 20.3 Å². The van der Waals surface area contributed by atoms with Crippen LogP contribution < -0.4 is 5.32 Å². The predicted molar refractivity (Wildman–Crippen MR) is 66.4 cm³/mol. The summed E-state index contributed by atoms with van der Waals surface area (Å²) in [5.74, 6) is 0. The van der Waals surface area contributed by atoms with Gasteiger partial charge in [-0.05, 0) is 45.4 Å². The molecule has 0 saturated carbocycles. The maximum atomic E-state index is 10.5. The molecule has 2 rings (SSSR count). The molecule has 0 radical (unpaired) electrons. The number of allylic oxidation sites excluding steroid dienone is 1. The van der Waals surface area contributed by atoms with Gasteiger partial charge in [0, 0.05) is 0 Å². The van der Waals surface area contributed by atoms with Gasteiger partial charge >= 0.3 is 0 Å². The molecule has 1 unspecified atom stereocenters. The molecule has 0 spiro atoms. The van der Waals surface area contributed by atoms with Crippen molar-refractivity contribution in [3.63, 3.8) is 0 Å². The van der Waals surface area contributed by atoms with Crippen molar-refractivity contribution in [2.24, 2.45) is 0 Å². The molecule has 1 aromatic heterocycles. The third-order valence-electron chi connectivity index (χ3n) is 3.11. The molecule has 0 bridgehead atoms. The number of rotatable bonds is 3. The summed E-state index contributed by atoms with van der Waals surface area (Å²) in [5, 5.41) is 21.9. The average molecular weight is 236 g/mol. The van der Waals surface area contributed by atoms with E-state index in [9.17, 15) is 5.11 Å². The summed E-state index contributed by atoms with van der Waals surface area (Å²) >= 11 is 0.